The molecule has 3 amide bonds. The van der Waals surface area contributed by atoms with Gasteiger partial charge in [0.25, 0.3) is 5.91 Å². The van der Waals surface area contributed by atoms with Crippen LogP contribution in [0.1, 0.15) is 23.7 Å². The number of carbonyl (C=O) groups excluding carboxylic acids is 3. The van der Waals surface area contributed by atoms with Gasteiger partial charge in [-0.3, -0.25) is 14.4 Å². The lowest BCUT2D eigenvalue weighted by molar-refractivity contribution is -0.130. The Bertz CT molecular complexity index is 693. The summed E-state index contributed by atoms with van der Waals surface area (Å²) < 4.78 is 0. The molecule has 0 aromatic heterocycles. The van der Waals surface area contributed by atoms with Gasteiger partial charge in [0.1, 0.15) is 0 Å². The number of hydrogen-bond donors (Lipinski definition) is 1. The van der Waals surface area contributed by atoms with Crippen molar-refractivity contribution in [3.05, 3.63) is 34.9 Å². The molecule has 2 aliphatic rings. The Hall–Kier alpha value is -2.08. The van der Waals surface area contributed by atoms with Gasteiger partial charge in [0.2, 0.25) is 11.8 Å². The highest BCUT2D eigenvalue weighted by Gasteiger charge is 2.44. The van der Waals surface area contributed by atoms with E-state index in [1.807, 2.05) is 0 Å². The normalized spacial score (nSPS) is 24.0. The predicted octanol–water partition coefficient (Wildman–Crippen LogP) is 1.15. The molecule has 1 spiro atoms. The predicted molar refractivity (Wildman–Crippen MR) is 89.7 cm³/mol. The molecule has 0 aliphatic carbocycles. The second-order valence-corrected chi connectivity index (χ2v) is 7.07. The second kappa shape index (κ2) is 6.43. The van der Waals surface area contributed by atoms with Crippen molar-refractivity contribution in [3.63, 3.8) is 0 Å². The first-order valence-corrected chi connectivity index (χ1v) is 8.33. The van der Waals surface area contributed by atoms with Crippen LogP contribution in [0.2, 0.25) is 5.02 Å². The summed E-state index contributed by atoms with van der Waals surface area (Å²) in [6.07, 6.45) is 0.329. The summed E-state index contributed by atoms with van der Waals surface area (Å²) in [5.74, 6) is -0.192. The molecular weight excluding hydrogens is 330 g/mol. The molecule has 6 nitrogen and oxygen atoms in total. The van der Waals surface area contributed by atoms with Gasteiger partial charge in [-0.25, -0.2) is 0 Å². The summed E-state index contributed by atoms with van der Waals surface area (Å²) in [4.78, 5) is 39.9. The molecule has 1 unspecified atom stereocenters. The summed E-state index contributed by atoms with van der Waals surface area (Å²) in [5, 5.41) is 3.35. The quantitative estimate of drug-likeness (QED) is 0.827. The van der Waals surface area contributed by atoms with Gasteiger partial charge in [0.15, 0.2) is 0 Å². The fraction of sp³-hybridized carbons (Fsp3) is 0.471. The number of benzene rings is 1. The summed E-state index contributed by atoms with van der Waals surface area (Å²) >= 11 is 5.99. The van der Waals surface area contributed by atoms with Crippen molar-refractivity contribution in [2.75, 3.05) is 32.7 Å². The maximum Gasteiger partial charge on any atom is 0.253 e. The molecule has 1 aromatic carbocycles. The lowest BCUT2D eigenvalue weighted by Crippen LogP contribution is -2.44. The maximum atomic E-state index is 12.9. The van der Waals surface area contributed by atoms with Crippen LogP contribution in [-0.4, -0.2) is 60.2 Å². The van der Waals surface area contributed by atoms with Gasteiger partial charge in [-0.2, -0.15) is 0 Å². The van der Waals surface area contributed by atoms with Crippen LogP contribution >= 0.6 is 11.6 Å². The first-order chi connectivity index (χ1) is 11.4. The topological polar surface area (TPSA) is 69.7 Å². The van der Waals surface area contributed by atoms with Crippen LogP contribution in [-0.2, 0) is 9.59 Å². The average molecular weight is 350 g/mol. The van der Waals surface area contributed by atoms with Crippen LogP contribution in [0.25, 0.3) is 0 Å². The van der Waals surface area contributed by atoms with Crippen LogP contribution in [0, 0.1) is 5.41 Å². The third-order valence-corrected chi connectivity index (χ3v) is 4.93. The van der Waals surface area contributed by atoms with E-state index in [9.17, 15) is 14.4 Å². The zero-order chi connectivity index (χ0) is 17.3. The minimum absolute atomic E-state index is 0.0319. The second-order valence-electron chi connectivity index (χ2n) is 6.63. The van der Waals surface area contributed by atoms with Crippen molar-refractivity contribution in [2.24, 2.45) is 5.41 Å². The van der Waals surface area contributed by atoms with Crippen LogP contribution in [0.4, 0.5) is 0 Å². The number of nitrogens with zero attached hydrogens (tertiary/aromatic N) is 2. The van der Waals surface area contributed by atoms with Crippen molar-refractivity contribution in [3.8, 4) is 0 Å². The number of nitrogens with one attached hydrogen (secondary N) is 1. The van der Waals surface area contributed by atoms with Gasteiger partial charge in [0.05, 0.1) is 0 Å². The Labute approximate surface area is 145 Å². The molecule has 0 radical (unpaired) electrons. The Morgan fingerprint density at radius 1 is 1.21 bits per heavy atom. The minimum atomic E-state index is -0.423. The molecular formula is C17H20ClN3O3. The summed E-state index contributed by atoms with van der Waals surface area (Å²) in [7, 11) is 0. The molecule has 2 aliphatic heterocycles. The highest BCUT2D eigenvalue weighted by atomic mass is 35.5. The van der Waals surface area contributed by atoms with Gasteiger partial charge in [0, 0.05) is 62.1 Å². The molecule has 1 N–H and O–H groups in total. The largest absolute Gasteiger partial charge is 0.355 e. The van der Waals surface area contributed by atoms with Crippen LogP contribution in [0.15, 0.2) is 24.3 Å². The fourth-order valence-corrected chi connectivity index (χ4v) is 3.67. The van der Waals surface area contributed by atoms with E-state index in [1.165, 1.54) is 6.92 Å². The van der Waals surface area contributed by atoms with Crippen molar-refractivity contribution in [1.82, 2.24) is 15.1 Å². The third kappa shape index (κ3) is 3.38. The van der Waals surface area contributed by atoms with E-state index in [-0.39, 0.29) is 17.7 Å². The zero-order valence-electron chi connectivity index (χ0n) is 13.5. The Balaban J connectivity index is 1.87. The monoisotopic (exact) mass is 349 g/mol. The Morgan fingerprint density at radius 2 is 1.92 bits per heavy atom. The first-order valence-electron chi connectivity index (χ1n) is 7.96. The smallest absolute Gasteiger partial charge is 0.253 e. The standard InChI is InChI=1S/C17H20ClN3O3/c1-12(22)20-5-6-21(11-17(10-20)8-15(23)19-9-17)16(24)13-3-2-4-14(18)7-13/h2-4,7H,5-6,8-11H2,1H3,(H,19,23). The van der Waals surface area contributed by atoms with E-state index < -0.39 is 5.41 Å². The number of rotatable bonds is 1. The van der Waals surface area contributed by atoms with E-state index in [2.05, 4.69) is 5.32 Å². The molecule has 7 heteroatoms. The highest BCUT2D eigenvalue weighted by Crippen LogP contribution is 2.31. The van der Waals surface area contributed by atoms with Crippen molar-refractivity contribution < 1.29 is 14.4 Å². The Morgan fingerprint density at radius 3 is 2.54 bits per heavy atom. The van der Waals surface area contributed by atoms with Crippen molar-refractivity contribution >= 4 is 29.3 Å². The van der Waals surface area contributed by atoms with E-state index in [4.69, 9.17) is 11.6 Å². The molecule has 0 bridgehead atoms. The van der Waals surface area contributed by atoms with E-state index in [0.717, 1.165) is 0 Å². The summed E-state index contributed by atoms with van der Waals surface area (Å²) in [6, 6.07) is 6.83. The molecule has 128 valence electrons. The molecule has 1 atom stereocenters. The molecule has 3 rings (SSSR count). The van der Waals surface area contributed by atoms with E-state index in [0.29, 0.717) is 49.7 Å². The maximum absolute atomic E-state index is 12.9. The summed E-state index contributed by atoms with van der Waals surface area (Å²) in [5.41, 5.74) is 0.0965. The molecule has 0 saturated carbocycles. The van der Waals surface area contributed by atoms with Crippen LogP contribution in [0.3, 0.4) is 0 Å². The van der Waals surface area contributed by atoms with Crippen LogP contribution in [0.5, 0.6) is 0 Å². The van der Waals surface area contributed by atoms with Gasteiger partial charge < -0.3 is 15.1 Å². The van der Waals surface area contributed by atoms with Crippen molar-refractivity contribution in [2.45, 2.75) is 13.3 Å². The average Bonchev–Trinajstić information content (AvgIpc) is 2.78. The third-order valence-electron chi connectivity index (χ3n) is 4.69. The number of hydrogen-bond acceptors (Lipinski definition) is 3. The molecule has 2 saturated heterocycles. The minimum Gasteiger partial charge on any atom is -0.355 e. The Kier molecular flexibility index (Phi) is 4.49. The number of halogens is 1. The van der Waals surface area contributed by atoms with Gasteiger partial charge in [-0.15, -0.1) is 0 Å². The summed E-state index contributed by atoms with van der Waals surface area (Å²) in [6.45, 7) is 3.85. The van der Waals surface area contributed by atoms with E-state index in [1.54, 1.807) is 34.1 Å². The SMILES string of the molecule is CC(=O)N1CCN(C(=O)c2cccc(Cl)c2)CC2(CNC(=O)C2)C1. The molecule has 1 aromatic rings. The lowest BCUT2D eigenvalue weighted by atomic mass is 9.86. The van der Waals surface area contributed by atoms with Gasteiger partial charge in [-0.05, 0) is 18.2 Å². The number of amides is 3. The van der Waals surface area contributed by atoms with Crippen molar-refractivity contribution in [1.29, 1.82) is 0 Å². The van der Waals surface area contributed by atoms with Gasteiger partial charge >= 0.3 is 0 Å². The van der Waals surface area contributed by atoms with E-state index >= 15 is 0 Å². The lowest BCUT2D eigenvalue weighted by Gasteiger charge is -2.32. The molecule has 2 fully saturated rings. The van der Waals surface area contributed by atoms with Crippen LogP contribution < -0.4 is 5.32 Å². The van der Waals surface area contributed by atoms with Gasteiger partial charge in [-0.1, -0.05) is 17.7 Å². The molecule has 24 heavy (non-hydrogen) atoms. The highest BCUT2D eigenvalue weighted by molar-refractivity contribution is 6.30. The fourth-order valence-electron chi connectivity index (χ4n) is 3.48. The first kappa shape index (κ1) is 16.8. The number of carbonyl (C=O) groups is 3. The molecule has 2 heterocycles. The zero-order valence-corrected chi connectivity index (χ0v) is 14.3.